The number of hydrogen-bond donors (Lipinski definition) is 3. The molecule has 9 heteroatoms. The Hall–Kier alpha value is -3.33. The number of aromatic nitrogens is 2. The minimum atomic E-state index is -1.15. The standard InChI is InChI=1S/C21H26FN5O3/c1-27(2)12-13(22)10-24-21(28)26-18-9-8-14-15(11-23-20(14)25-18)19-16(29-3)6-5-7-17(19)30-4/h5-9,11,13H,10,12H2,1-4H3,(H3,23,24,25,26,28)/t13-/m1/s1. The van der Waals surface area contributed by atoms with Crippen molar-refractivity contribution in [3.05, 3.63) is 36.5 Å². The molecule has 3 aromatic rings. The number of carbonyl (C=O) groups excluding carboxylic acids is 1. The van der Waals surface area contributed by atoms with Gasteiger partial charge in [-0.15, -0.1) is 0 Å². The number of amides is 2. The molecule has 0 bridgehead atoms. The van der Waals surface area contributed by atoms with Gasteiger partial charge in [-0.1, -0.05) is 6.07 Å². The molecule has 3 N–H and O–H groups in total. The fourth-order valence-electron chi connectivity index (χ4n) is 3.22. The molecule has 0 saturated heterocycles. The lowest BCUT2D eigenvalue weighted by Gasteiger charge is -2.14. The summed E-state index contributed by atoms with van der Waals surface area (Å²) in [5, 5.41) is 5.98. The molecule has 2 aromatic heterocycles. The number of methoxy groups -OCH3 is 2. The van der Waals surface area contributed by atoms with Gasteiger partial charge in [-0.25, -0.2) is 14.2 Å². The fourth-order valence-corrected chi connectivity index (χ4v) is 3.22. The number of benzene rings is 1. The number of halogens is 1. The van der Waals surface area contributed by atoms with Crippen LogP contribution in [0.5, 0.6) is 11.5 Å². The second-order valence-corrected chi connectivity index (χ2v) is 7.03. The lowest BCUT2D eigenvalue weighted by Crippen LogP contribution is -2.37. The van der Waals surface area contributed by atoms with Crippen LogP contribution in [-0.2, 0) is 0 Å². The second kappa shape index (κ2) is 9.45. The molecule has 0 saturated carbocycles. The summed E-state index contributed by atoms with van der Waals surface area (Å²) in [7, 11) is 6.76. The highest BCUT2D eigenvalue weighted by Crippen LogP contribution is 2.41. The van der Waals surface area contributed by atoms with E-state index in [-0.39, 0.29) is 13.1 Å². The van der Waals surface area contributed by atoms with E-state index in [4.69, 9.17) is 9.47 Å². The van der Waals surface area contributed by atoms with Crippen LogP contribution in [0.4, 0.5) is 15.0 Å². The van der Waals surface area contributed by atoms with E-state index in [0.29, 0.717) is 23.0 Å². The summed E-state index contributed by atoms with van der Waals surface area (Å²) in [6.07, 6.45) is 0.666. The number of ether oxygens (including phenoxy) is 2. The molecule has 0 aliphatic rings. The average Bonchev–Trinajstić information content (AvgIpc) is 3.13. The van der Waals surface area contributed by atoms with Gasteiger partial charge in [-0.2, -0.15) is 0 Å². The molecule has 0 radical (unpaired) electrons. The van der Waals surface area contributed by atoms with E-state index in [1.165, 1.54) is 0 Å². The van der Waals surface area contributed by atoms with Crippen molar-refractivity contribution in [2.24, 2.45) is 0 Å². The Morgan fingerprint density at radius 2 is 1.90 bits per heavy atom. The van der Waals surface area contributed by atoms with E-state index >= 15 is 0 Å². The van der Waals surface area contributed by atoms with Gasteiger partial charge in [0.1, 0.15) is 29.1 Å². The Kier molecular flexibility index (Phi) is 6.73. The molecule has 8 nitrogen and oxygen atoms in total. The molecule has 1 atom stereocenters. The number of carbonyl (C=O) groups is 1. The monoisotopic (exact) mass is 415 g/mol. The normalized spacial score (nSPS) is 12.1. The van der Waals surface area contributed by atoms with E-state index in [0.717, 1.165) is 16.5 Å². The third-order valence-corrected chi connectivity index (χ3v) is 4.52. The van der Waals surface area contributed by atoms with E-state index in [1.807, 2.05) is 30.5 Å². The maximum atomic E-state index is 13.7. The van der Waals surface area contributed by atoms with Gasteiger partial charge in [-0.05, 0) is 38.4 Å². The molecule has 0 aliphatic heterocycles. The fraction of sp³-hybridized carbons (Fsp3) is 0.333. The predicted molar refractivity (Wildman–Crippen MR) is 115 cm³/mol. The predicted octanol–water partition coefficient (Wildman–Crippen LogP) is 3.27. The lowest BCUT2D eigenvalue weighted by molar-refractivity contribution is 0.228. The first kappa shape index (κ1) is 21.4. The van der Waals surface area contributed by atoms with Crippen molar-refractivity contribution < 1.29 is 18.7 Å². The van der Waals surface area contributed by atoms with Crippen molar-refractivity contribution in [1.29, 1.82) is 0 Å². The number of nitrogens with one attached hydrogen (secondary N) is 3. The van der Waals surface area contributed by atoms with Gasteiger partial charge in [0.15, 0.2) is 0 Å². The zero-order valence-corrected chi connectivity index (χ0v) is 17.5. The smallest absolute Gasteiger partial charge is 0.320 e. The van der Waals surface area contributed by atoms with Gasteiger partial charge in [0, 0.05) is 23.7 Å². The second-order valence-electron chi connectivity index (χ2n) is 7.03. The molecular formula is C21H26FN5O3. The summed E-state index contributed by atoms with van der Waals surface area (Å²) >= 11 is 0. The zero-order valence-electron chi connectivity index (χ0n) is 17.5. The van der Waals surface area contributed by atoms with Crippen LogP contribution in [0.3, 0.4) is 0 Å². The number of H-pyrrole nitrogens is 1. The van der Waals surface area contributed by atoms with Gasteiger partial charge in [0.25, 0.3) is 0 Å². The van der Waals surface area contributed by atoms with Gasteiger partial charge >= 0.3 is 6.03 Å². The molecule has 0 spiro atoms. The number of nitrogens with zero attached hydrogens (tertiary/aromatic N) is 2. The van der Waals surface area contributed by atoms with E-state index in [9.17, 15) is 9.18 Å². The summed E-state index contributed by atoms with van der Waals surface area (Å²) in [5.41, 5.74) is 2.27. The first-order valence-electron chi connectivity index (χ1n) is 9.46. The largest absolute Gasteiger partial charge is 0.496 e. The van der Waals surface area contributed by atoms with E-state index in [1.54, 1.807) is 39.3 Å². The maximum absolute atomic E-state index is 13.7. The van der Waals surface area contributed by atoms with Gasteiger partial charge in [0.05, 0.1) is 26.3 Å². The van der Waals surface area contributed by atoms with Crippen LogP contribution in [-0.4, -0.2) is 68.5 Å². The molecule has 1 aromatic carbocycles. The quantitative estimate of drug-likeness (QED) is 0.525. The molecule has 2 amide bonds. The summed E-state index contributed by atoms with van der Waals surface area (Å²) in [6.45, 7) is 0.161. The highest BCUT2D eigenvalue weighted by atomic mass is 19.1. The molecule has 160 valence electrons. The Bertz CT molecular complexity index is 999. The summed E-state index contributed by atoms with van der Waals surface area (Å²) in [5.74, 6) is 1.70. The number of alkyl halides is 1. The van der Waals surface area contributed by atoms with Gasteiger partial charge in [-0.3, -0.25) is 5.32 Å². The minimum absolute atomic E-state index is 0.0769. The molecular weight excluding hydrogens is 389 g/mol. The van der Waals surface area contributed by atoms with Crippen LogP contribution in [0.2, 0.25) is 0 Å². The van der Waals surface area contributed by atoms with E-state index < -0.39 is 12.2 Å². The van der Waals surface area contributed by atoms with Crippen molar-refractivity contribution in [2.45, 2.75) is 6.17 Å². The molecule has 0 unspecified atom stereocenters. The third-order valence-electron chi connectivity index (χ3n) is 4.52. The average molecular weight is 415 g/mol. The number of hydrogen-bond acceptors (Lipinski definition) is 5. The Labute approximate surface area is 174 Å². The molecule has 0 fully saturated rings. The highest BCUT2D eigenvalue weighted by molar-refractivity contribution is 5.98. The van der Waals surface area contributed by atoms with Crippen molar-refractivity contribution in [3.8, 4) is 22.6 Å². The first-order chi connectivity index (χ1) is 14.4. The third kappa shape index (κ3) is 4.80. The Morgan fingerprint density at radius 1 is 1.20 bits per heavy atom. The molecule has 2 heterocycles. The number of pyridine rings is 1. The summed E-state index contributed by atoms with van der Waals surface area (Å²) < 4.78 is 24.7. The Balaban J connectivity index is 1.78. The number of rotatable bonds is 8. The van der Waals surface area contributed by atoms with Crippen molar-refractivity contribution in [3.63, 3.8) is 0 Å². The van der Waals surface area contributed by atoms with Crippen LogP contribution >= 0.6 is 0 Å². The topological polar surface area (TPSA) is 91.5 Å². The van der Waals surface area contributed by atoms with E-state index in [2.05, 4.69) is 20.6 Å². The van der Waals surface area contributed by atoms with Crippen LogP contribution in [0.15, 0.2) is 36.5 Å². The van der Waals surface area contributed by atoms with Crippen LogP contribution in [0.1, 0.15) is 0 Å². The number of fused-ring (bicyclic) bond motifs is 1. The van der Waals surface area contributed by atoms with Gasteiger partial charge < -0.3 is 24.7 Å². The summed E-state index contributed by atoms with van der Waals surface area (Å²) in [6, 6.07) is 8.60. The highest BCUT2D eigenvalue weighted by Gasteiger charge is 2.17. The molecule has 30 heavy (non-hydrogen) atoms. The van der Waals surface area contributed by atoms with Gasteiger partial charge in [0.2, 0.25) is 0 Å². The van der Waals surface area contributed by atoms with Crippen LogP contribution < -0.4 is 20.1 Å². The van der Waals surface area contributed by atoms with Crippen molar-refractivity contribution in [2.75, 3.05) is 46.7 Å². The first-order valence-corrected chi connectivity index (χ1v) is 9.46. The number of urea groups is 1. The Morgan fingerprint density at radius 3 is 2.53 bits per heavy atom. The van der Waals surface area contributed by atoms with Crippen LogP contribution in [0, 0.1) is 0 Å². The maximum Gasteiger partial charge on any atom is 0.320 e. The zero-order chi connectivity index (χ0) is 21.7. The minimum Gasteiger partial charge on any atom is -0.496 e. The molecule has 3 rings (SSSR count). The summed E-state index contributed by atoms with van der Waals surface area (Å²) in [4.78, 5) is 21.3. The van der Waals surface area contributed by atoms with Crippen LogP contribution in [0.25, 0.3) is 22.2 Å². The molecule has 0 aliphatic carbocycles. The SMILES string of the molecule is COc1cccc(OC)c1-c1c[nH]c2nc(NC(=O)NC[C@@H](F)CN(C)C)ccc12. The number of aromatic amines is 1. The van der Waals surface area contributed by atoms with Crippen molar-refractivity contribution in [1.82, 2.24) is 20.2 Å². The van der Waals surface area contributed by atoms with Crippen molar-refractivity contribution >= 4 is 22.9 Å². The number of anilines is 1. The lowest BCUT2D eigenvalue weighted by atomic mass is 10.0.